The fourth-order valence-electron chi connectivity index (χ4n) is 2.20. The van der Waals surface area contributed by atoms with Gasteiger partial charge in [-0.2, -0.15) is 5.10 Å². The van der Waals surface area contributed by atoms with Crippen LogP contribution in [0.15, 0.2) is 57.7 Å². The Bertz CT molecular complexity index is 946. The Hall–Kier alpha value is -3.22. The lowest BCUT2D eigenvalue weighted by Crippen LogP contribution is -2.22. The van der Waals surface area contributed by atoms with Gasteiger partial charge in [-0.3, -0.25) is 4.79 Å². The fourth-order valence-corrected chi connectivity index (χ4v) is 2.20. The van der Waals surface area contributed by atoms with E-state index in [1.54, 1.807) is 24.3 Å². The SMILES string of the molecule is COC(=O)c1ccc(Cn2nc(-c3ccccc3F)ccc2=O)o1. The lowest BCUT2D eigenvalue weighted by Gasteiger charge is -2.06. The first-order valence-corrected chi connectivity index (χ1v) is 7.08. The molecule has 7 heteroatoms. The van der Waals surface area contributed by atoms with Gasteiger partial charge in [0.25, 0.3) is 5.56 Å². The molecule has 122 valence electrons. The Morgan fingerprint density at radius 1 is 1.21 bits per heavy atom. The molecule has 0 aliphatic heterocycles. The lowest BCUT2D eigenvalue weighted by atomic mass is 10.1. The number of aromatic nitrogens is 2. The molecule has 2 aromatic heterocycles. The lowest BCUT2D eigenvalue weighted by molar-refractivity contribution is 0.0562. The average Bonchev–Trinajstić information content (AvgIpc) is 3.05. The average molecular weight is 328 g/mol. The predicted molar refractivity (Wildman–Crippen MR) is 83.0 cm³/mol. The maximum absolute atomic E-state index is 13.9. The van der Waals surface area contributed by atoms with Crippen LogP contribution in [0.1, 0.15) is 16.3 Å². The van der Waals surface area contributed by atoms with Crippen molar-refractivity contribution in [1.82, 2.24) is 9.78 Å². The molecule has 0 spiro atoms. The van der Waals surface area contributed by atoms with Gasteiger partial charge in [-0.15, -0.1) is 0 Å². The van der Waals surface area contributed by atoms with Gasteiger partial charge in [-0.25, -0.2) is 13.9 Å². The van der Waals surface area contributed by atoms with Gasteiger partial charge in [-0.05, 0) is 30.3 Å². The van der Waals surface area contributed by atoms with Gasteiger partial charge < -0.3 is 9.15 Å². The van der Waals surface area contributed by atoms with Gasteiger partial charge in [0.1, 0.15) is 18.1 Å². The molecule has 0 fully saturated rings. The minimum Gasteiger partial charge on any atom is -0.463 e. The molecule has 0 saturated heterocycles. The third-order valence-corrected chi connectivity index (χ3v) is 3.37. The monoisotopic (exact) mass is 328 g/mol. The number of benzene rings is 1. The molecule has 6 nitrogen and oxygen atoms in total. The second-order valence-electron chi connectivity index (χ2n) is 4.95. The van der Waals surface area contributed by atoms with E-state index in [-0.39, 0.29) is 17.9 Å². The summed E-state index contributed by atoms with van der Waals surface area (Å²) in [6, 6.07) is 11.9. The van der Waals surface area contributed by atoms with E-state index in [9.17, 15) is 14.0 Å². The number of carbonyl (C=O) groups excluding carboxylic acids is 1. The molecule has 0 N–H and O–H groups in total. The Morgan fingerprint density at radius 3 is 2.75 bits per heavy atom. The molecule has 2 heterocycles. The van der Waals surface area contributed by atoms with E-state index in [0.29, 0.717) is 17.0 Å². The molecule has 0 radical (unpaired) electrons. The Labute approximate surface area is 136 Å². The Balaban J connectivity index is 1.93. The molecule has 3 aromatic rings. The third-order valence-electron chi connectivity index (χ3n) is 3.37. The summed E-state index contributed by atoms with van der Waals surface area (Å²) in [4.78, 5) is 23.3. The summed E-state index contributed by atoms with van der Waals surface area (Å²) in [7, 11) is 1.24. The van der Waals surface area contributed by atoms with E-state index in [0.717, 1.165) is 4.68 Å². The number of esters is 1. The van der Waals surface area contributed by atoms with Crippen LogP contribution < -0.4 is 5.56 Å². The smallest absolute Gasteiger partial charge is 0.373 e. The minimum atomic E-state index is -0.610. The van der Waals surface area contributed by atoms with Crippen molar-refractivity contribution in [3.05, 3.63) is 76.2 Å². The van der Waals surface area contributed by atoms with Crippen LogP contribution in [-0.4, -0.2) is 22.9 Å². The van der Waals surface area contributed by atoms with Crippen LogP contribution in [0.5, 0.6) is 0 Å². The van der Waals surface area contributed by atoms with E-state index in [2.05, 4.69) is 9.84 Å². The van der Waals surface area contributed by atoms with Crippen molar-refractivity contribution in [3.63, 3.8) is 0 Å². The molecular weight excluding hydrogens is 315 g/mol. The number of hydrogen-bond donors (Lipinski definition) is 0. The number of carbonyl (C=O) groups is 1. The number of hydrogen-bond acceptors (Lipinski definition) is 5. The number of methoxy groups -OCH3 is 1. The summed E-state index contributed by atoms with van der Waals surface area (Å²) in [5.41, 5.74) is 0.250. The molecule has 3 rings (SSSR count). The molecule has 0 amide bonds. The van der Waals surface area contributed by atoms with Crippen molar-refractivity contribution in [2.75, 3.05) is 7.11 Å². The topological polar surface area (TPSA) is 74.3 Å². The first-order valence-electron chi connectivity index (χ1n) is 7.08. The quantitative estimate of drug-likeness (QED) is 0.688. The number of furan rings is 1. The molecule has 0 unspecified atom stereocenters. The van der Waals surface area contributed by atoms with Crippen LogP contribution in [-0.2, 0) is 11.3 Å². The van der Waals surface area contributed by atoms with Crippen molar-refractivity contribution in [2.24, 2.45) is 0 Å². The molecule has 0 aliphatic rings. The first-order chi connectivity index (χ1) is 11.6. The maximum Gasteiger partial charge on any atom is 0.373 e. The highest BCUT2D eigenvalue weighted by Crippen LogP contribution is 2.19. The minimum absolute atomic E-state index is 0.0120. The molecule has 0 saturated carbocycles. The summed E-state index contributed by atoms with van der Waals surface area (Å²) in [6.07, 6.45) is 0. The normalized spacial score (nSPS) is 10.6. The number of rotatable bonds is 4. The second kappa shape index (κ2) is 6.49. The van der Waals surface area contributed by atoms with Crippen LogP contribution in [0.4, 0.5) is 4.39 Å². The fraction of sp³-hybridized carbons (Fsp3) is 0.118. The largest absolute Gasteiger partial charge is 0.463 e. The van der Waals surface area contributed by atoms with Crippen molar-refractivity contribution < 1.29 is 18.3 Å². The maximum atomic E-state index is 13.9. The van der Waals surface area contributed by atoms with Crippen LogP contribution in [0.3, 0.4) is 0 Å². The van der Waals surface area contributed by atoms with Crippen molar-refractivity contribution in [2.45, 2.75) is 6.54 Å². The highest BCUT2D eigenvalue weighted by Gasteiger charge is 2.13. The van der Waals surface area contributed by atoms with Gasteiger partial charge in [0.2, 0.25) is 5.76 Å². The molecule has 1 aromatic carbocycles. The van der Waals surface area contributed by atoms with Gasteiger partial charge in [-0.1, -0.05) is 12.1 Å². The summed E-state index contributed by atoms with van der Waals surface area (Å²) in [5, 5.41) is 4.16. The number of ether oxygens (including phenoxy) is 1. The number of nitrogens with zero attached hydrogens (tertiary/aromatic N) is 2. The molecular formula is C17H13FN2O4. The molecule has 24 heavy (non-hydrogen) atoms. The van der Waals surface area contributed by atoms with Gasteiger partial charge in [0.15, 0.2) is 0 Å². The Kier molecular flexibility index (Phi) is 4.24. The highest BCUT2D eigenvalue weighted by atomic mass is 19.1. The summed E-state index contributed by atoms with van der Waals surface area (Å²) in [5.74, 6) is -0.649. The number of halogens is 1. The summed E-state index contributed by atoms with van der Waals surface area (Å²) in [6.45, 7) is 0.0120. The molecule has 0 aliphatic carbocycles. The highest BCUT2D eigenvalue weighted by molar-refractivity contribution is 5.86. The summed E-state index contributed by atoms with van der Waals surface area (Å²) >= 11 is 0. The zero-order valence-electron chi connectivity index (χ0n) is 12.7. The van der Waals surface area contributed by atoms with E-state index < -0.39 is 11.8 Å². The van der Waals surface area contributed by atoms with E-state index >= 15 is 0 Å². The van der Waals surface area contributed by atoms with Crippen molar-refractivity contribution in [1.29, 1.82) is 0 Å². The van der Waals surface area contributed by atoms with Crippen LogP contribution in [0.2, 0.25) is 0 Å². The zero-order valence-corrected chi connectivity index (χ0v) is 12.7. The third kappa shape index (κ3) is 3.10. The van der Waals surface area contributed by atoms with Crippen LogP contribution in [0.25, 0.3) is 11.3 Å². The second-order valence-corrected chi connectivity index (χ2v) is 4.95. The van der Waals surface area contributed by atoms with Crippen LogP contribution >= 0.6 is 0 Å². The Morgan fingerprint density at radius 2 is 2.00 bits per heavy atom. The van der Waals surface area contributed by atoms with E-state index in [1.165, 1.54) is 31.4 Å². The van der Waals surface area contributed by atoms with E-state index in [4.69, 9.17) is 4.42 Å². The van der Waals surface area contributed by atoms with Crippen molar-refractivity contribution >= 4 is 5.97 Å². The van der Waals surface area contributed by atoms with Gasteiger partial charge in [0, 0.05) is 11.6 Å². The van der Waals surface area contributed by atoms with Gasteiger partial charge >= 0.3 is 5.97 Å². The molecule has 0 bridgehead atoms. The predicted octanol–water partition coefficient (Wildman–Crippen LogP) is 2.48. The zero-order chi connectivity index (χ0) is 17.1. The first kappa shape index (κ1) is 15.7. The summed E-state index contributed by atoms with van der Waals surface area (Å²) < 4.78 is 24.9. The van der Waals surface area contributed by atoms with Gasteiger partial charge in [0.05, 0.1) is 12.8 Å². The van der Waals surface area contributed by atoms with Crippen LogP contribution in [0, 0.1) is 5.82 Å². The van der Waals surface area contributed by atoms with E-state index in [1.807, 2.05) is 0 Å². The standard InChI is InChI=1S/C17H13FN2O4/c1-23-17(22)15-8-6-11(24-15)10-20-16(21)9-7-14(19-20)12-4-2-3-5-13(12)18/h2-9H,10H2,1H3. The molecule has 0 atom stereocenters. The van der Waals surface area contributed by atoms with Crippen molar-refractivity contribution in [3.8, 4) is 11.3 Å².